The Labute approximate surface area is 76.9 Å². The molecule has 0 rings (SSSR count). The van der Waals surface area contributed by atoms with Crippen molar-refractivity contribution in [2.75, 3.05) is 0 Å². The van der Waals surface area contributed by atoms with E-state index >= 15 is 0 Å². The maximum atomic E-state index is 5.48. The zero-order valence-corrected chi connectivity index (χ0v) is 8.77. The smallest absolute Gasteiger partial charge is 0.0236 e. The van der Waals surface area contributed by atoms with Gasteiger partial charge >= 0.3 is 0 Å². The molecular formula is C10H24N2. The molecule has 0 aromatic rings. The summed E-state index contributed by atoms with van der Waals surface area (Å²) < 4.78 is 0. The fraction of sp³-hybridized carbons (Fsp3) is 1.00. The molecule has 0 fully saturated rings. The third-order valence-electron chi connectivity index (χ3n) is 2.66. The van der Waals surface area contributed by atoms with E-state index in [-0.39, 0.29) is 0 Å². The Morgan fingerprint density at radius 2 is 1.92 bits per heavy atom. The monoisotopic (exact) mass is 172 g/mol. The summed E-state index contributed by atoms with van der Waals surface area (Å²) in [6.45, 7) is 6.71. The SMILES string of the molecule is CCCCCC(NN)C(C)CC. The second-order valence-corrected chi connectivity index (χ2v) is 3.65. The van der Waals surface area contributed by atoms with E-state index in [2.05, 4.69) is 26.2 Å². The summed E-state index contributed by atoms with van der Waals surface area (Å²) in [6.07, 6.45) is 6.35. The minimum atomic E-state index is 0.515. The molecule has 74 valence electrons. The van der Waals surface area contributed by atoms with E-state index in [1.165, 1.54) is 32.1 Å². The highest BCUT2D eigenvalue weighted by Gasteiger charge is 2.12. The Morgan fingerprint density at radius 3 is 2.33 bits per heavy atom. The van der Waals surface area contributed by atoms with Crippen LogP contribution in [0.1, 0.15) is 52.9 Å². The van der Waals surface area contributed by atoms with Crippen LogP contribution >= 0.6 is 0 Å². The number of rotatable bonds is 7. The van der Waals surface area contributed by atoms with Crippen LogP contribution in [0.3, 0.4) is 0 Å². The fourth-order valence-electron chi connectivity index (χ4n) is 1.43. The van der Waals surface area contributed by atoms with Crippen LogP contribution in [0.25, 0.3) is 0 Å². The highest BCUT2D eigenvalue weighted by Crippen LogP contribution is 2.13. The molecule has 0 aliphatic heterocycles. The van der Waals surface area contributed by atoms with Gasteiger partial charge in [0.15, 0.2) is 0 Å². The molecule has 0 amide bonds. The highest BCUT2D eigenvalue weighted by molar-refractivity contribution is 4.69. The van der Waals surface area contributed by atoms with Crippen LogP contribution in [0.4, 0.5) is 0 Å². The molecule has 0 bridgehead atoms. The molecule has 0 aliphatic rings. The van der Waals surface area contributed by atoms with Gasteiger partial charge in [-0.25, -0.2) is 0 Å². The van der Waals surface area contributed by atoms with Crippen LogP contribution in [-0.4, -0.2) is 6.04 Å². The van der Waals surface area contributed by atoms with Crippen LogP contribution < -0.4 is 11.3 Å². The third-order valence-corrected chi connectivity index (χ3v) is 2.66. The summed E-state index contributed by atoms with van der Waals surface area (Å²) in [5.74, 6) is 6.18. The lowest BCUT2D eigenvalue weighted by Crippen LogP contribution is -2.39. The van der Waals surface area contributed by atoms with Gasteiger partial charge in [0.25, 0.3) is 0 Å². The van der Waals surface area contributed by atoms with E-state index in [1.54, 1.807) is 0 Å². The summed E-state index contributed by atoms with van der Waals surface area (Å²) in [6, 6.07) is 0.515. The first-order valence-electron chi connectivity index (χ1n) is 5.22. The summed E-state index contributed by atoms with van der Waals surface area (Å²) in [7, 11) is 0. The van der Waals surface area contributed by atoms with E-state index < -0.39 is 0 Å². The zero-order chi connectivity index (χ0) is 9.40. The molecule has 2 heteroatoms. The fourth-order valence-corrected chi connectivity index (χ4v) is 1.43. The average Bonchev–Trinajstić information content (AvgIpc) is 2.11. The van der Waals surface area contributed by atoms with E-state index in [1.807, 2.05) is 0 Å². The lowest BCUT2D eigenvalue weighted by atomic mass is 9.95. The van der Waals surface area contributed by atoms with Crippen LogP contribution in [0, 0.1) is 5.92 Å². The summed E-state index contributed by atoms with van der Waals surface area (Å²) in [5.41, 5.74) is 2.91. The third kappa shape index (κ3) is 4.73. The highest BCUT2D eigenvalue weighted by atomic mass is 15.2. The summed E-state index contributed by atoms with van der Waals surface area (Å²) >= 11 is 0. The normalized spacial score (nSPS) is 16.0. The van der Waals surface area contributed by atoms with Crippen LogP contribution in [0.2, 0.25) is 0 Å². The van der Waals surface area contributed by atoms with Crippen LogP contribution in [0.15, 0.2) is 0 Å². The molecule has 0 radical (unpaired) electrons. The standard InChI is InChI=1S/C10H24N2/c1-4-6-7-8-10(12-11)9(3)5-2/h9-10,12H,4-8,11H2,1-3H3. The van der Waals surface area contributed by atoms with Gasteiger partial charge in [0.2, 0.25) is 0 Å². The predicted octanol–water partition coefficient (Wildman–Crippen LogP) is 2.44. The van der Waals surface area contributed by atoms with Gasteiger partial charge in [-0.2, -0.15) is 0 Å². The molecule has 0 saturated carbocycles. The maximum Gasteiger partial charge on any atom is 0.0236 e. The van der Waals surface area contributed by atoms with Crippen molar-refractivity contribution in [3.8, 4) is 0 Å². The number of hydrazine groups is 1. The molecule has 0 heterocycles. The first-order chi connectivity index (χ1) is 5.76. The largest absolute Gasteiger partial charge is 0.271 e. The Morgan fingerprint density at radius 1 is 1.25 bits per heavy atom. The van der Waals surface area contributed by atoms with Gasteiger partial charge in [-0.3, -0.25) is 11.3 Å². The van der Waals surface area contributed by atoms with Gasteiger partial charge in [0, 0.05) is 6.04 Å². The van der Waals surface area contributed by atoms with E-state index in [0.717, 1.165) is 0 Å². The number of nitrogens with two attached hydrogens (primary N) is 1. The zero-order valence-electron chi connectivity index (χ0n) is 8.77. The minimum Gasteiger partial charge on any atom is -0.271 e. The molecule has 0 spiro atoms. The van der Waals surface area contributed by atoms with Crippen molar-refractivity contribution in [1.29, 1.82) is 0 Å². The number of hydrogen-bond donors (Lipinski definition) is 2. The van der Waals surface area contributed by atoms with Crippen molar-refractivity contribution in [2.45, 2.75) is 58.9 Å². The second kappa shape index (κ2) is 7.56. The molecule has 2 nitrogen and oxygen atoms in total. The van der Waals surface area contributed by atoms with E-state index in [0.29, 0.717) is 12.0 Å². The van der Waals surface area contributed by atoms with Gasteiger partial charge < -0.3 is 0 Å². The molecule has 2 unspecified atom stereocenters. The number of hydrogen-bond acceptors (Lipinski definition) is 2. The van der Waals surface area contributed by atoms with Crippen molar-refractivity contribution < 1.29 is 0 Å². The number of nitrogens with one attached hydrogen (secondary N) is 1. The van der Waals surface area contributed by atoms with Crippen molar-refractivity contribution in [3.63, 3.8) is 0 Å². The first kappa shape index (κ1) is 11.9. The molecule has 2 atom stereocenters. The average molecular weight is 172 g/mol. The Kier molecular flexibility index (Phi) is 7.51. The Bertz CT molecular complexity index is 93.8. The van der Waals surface area contributed by atoms with Crippen molar-refractivity contribution in [3.05, 3.63) is 0 Å². The Hall–Kier alpha value is -0.0800. The van der Waals surface area contributed by atoms with Gasteiger partial charge in [-0.1, -0.05) is 46.5 Å². The second-order valence-electron chi connectivity index (χ2n) is 3.65. The molecule has 12 heavy (non-hydrogen) atoms. The van der Waals surface area contributed by atoms with Crippen molar-refractivity contribution in [2.24, 2.45) is 11.8 Å². The minimum absolute atomic E-state index is 0.515. The number of unbranched alkanes of at least 4 members (excludes halogenated alkanes) is 2. The van der Waals surface area contributed by atoms with Crippen LogP contribution in [-0.2, 0) is 0 Å². The summed E-state index contributed by atoms with van der Waals surface area (Å²) in [5, 5.41) is 0. The van der Waals surface area contributed by atoms with Crippen molar-refractivity contribution in [1.82, 2.24) is 5.43 Å². The maximum absolute atomic E-state index is 5.48. The topological polar surface area (TPSA) is 38.0 Å². The molecular weight excluding hydrogens is 148 g/mol. The van der Waals surface area contributed by atoms with E-state index in [4.69, 9.17) is 5.84 Å². The van der Waals surface area contributed by atoms with Gasteiger partial charge in [0.05, 0.1) is 0 Å². The molecule has 0 saturated heterocycles. The molecule has 0 aliphatic carbocycles. The Balaban J connectivity index is 3.52. The van der Waals surface area contributed by atoms with E-state index in [9.17, 15) is 0 Å². The lowest BCUT2D eigenvalue weighted by Gasteiger charge is -2.21. The van der Waals surface area contributed by atoms with Gasteiger partial charge in [-0.15, -0.1) is 0 Å². The molecule has 0 aromatic heterocycles. The van der Waals surface area contributed by atoms with Crippen molar-refractivity contribution >= 4 is 0 Å². The lowest BCUT2D eigenvalue weighted by molar-refractivity contribution is 0.343. The quantitative estimate of drug-likeness (QED) is 0.352. The molecule has 3 N–H and O–H groups in total. The molecule has 0 aromatic carbocycles. The summed E-state index contributed by atoms with van der Waals surface area (Å²) in [4.78, 5) is 0. The predicted molar refractivity (Wildman–Crippen MR) is 54.7 cm³/mol. The van der Waals surface area contributed by atoms with Gasteiger partial charge in [-0.05, 0) is 12.3 Å². The van der Waals surface area contributed by atoms with Crippen LogP contribution in [0.5, 0.6) is 0 Å². The first-order valence-corrected chi connectivity index (χ1v) is 5.22. The van der Waals surface area contributed by atoms with Gasteiger partial charge in [0.1, 0.15) is 0 Å².